The highest BCUT2D eigenvalue weighted by atomic mass is 32.1. The molecule has 2 rings (SSSR count). The predicted octanol–water partition coefficient (Wildman–Crippen LogP) is 3.67. The lowest BCUT2D eigenvalue weighted by Gasteiger charge is -2.20. The molecule has 0 bridgehead atoms. The second kappa shape index (κ2) is 10.8. The summed E-state index contributed by atoms with van der Waals surface area (Å²) in [5.41, 5.74) is 1.82. The second-order valence-electron chi connectivity index (χ2n) is 6.65. The first kappa shape index (κ1) is 22.7. The van der Waals surface area contributed by atoms with E-state index in [-0.39, 0.29) is 17.9 Å². The van der Waals surface area contributed by atoms with Crippen LogP contribution in [-0.4, -0.2) is 44.2 Å². The summed E-state index contributed by atoms with van der Waals surface area (Å²) in [6.45, 7) is 8.78. The number of rotatable bonds is 8. The molecule has 2 unspecified atom stereocenters. The summed E-state index contributed by atoms with van der Waals surface area (Å²) >= 11 is 1.35. The van der Waals surface area contributed by atoms with Crippen LogP contribution in [0.5, 0.6) is 5.75 Å². The van der Waals surface area contributed by atoms with E-state index in [9.17, 15) is 4.79 Å². The normalized spacial score (nSPS) is 13.5. The molecule has 2 atom stereocenters. The van der Waals surface area contributed by atoms with Gasteiger partial charge in [0.05, 0.1) is 25.5 Å². The molecule has 158 valence electrons. The third-order valence-corrected chi connectivity index (χ3v) is 5.79. The third-order valence-electron chi connectivity index (χ3n) is 4.47. The van der Waals surface area contributed by atoms with Crippen molar-refractivity contribution in [3.8, 4) is 5.75 Å². The van der Waals surface area contributed by atoms with E-state index in [4.69, 9.17) is 9.47 Å². The standard InChI is InChI=1S/C21H30N4O3S/c1-7-28-20(26)18-14(3)24-19(29-18)15(4)25-21(22-5)23-12-13(2)16-10-8-9-11-17(16)27-6/h8-11,13,15H,7,12H2,1-6H3,(H2,22,23,25). The van der Waals surface area contributed by atoms with E-state index in [0.29, 0.717) is 29.7 Å². The fourth-order valence-corrected chi connectivity index (χ4v) is 3.85. The van der Waals surface area contributed by atoms with Crippen molar-refractivity contribution in [2.24, 2.45) is 4.99 Å². The first-order valence-electron chi connectivity index (χ1n) is 9.65. The molecule has 2 aromatic rings. The predicted molar refractivity (Wildman–Crippen MR) is 117 cm³/mol. The van der Waals surface area contributed by atoms with Crippen LogP contribution in [0.4, 0.5) is 0 Å². The molecular weight excluding hydrogens is 388 g/mol. The molecule has 0 aliphatic heterocycles. The van der Waals surface area contributed by atoms with E-state index < -0.39 is 0 Å². The number of ether oxygens (including phenoxy) is 2. The number of hydrogen-bond donors (Lipinski definition) is 2. The number of nitrogens with zero attached hydrogens (tertiary/aromatic N) is 2. The number of aryl methyl sites for hydroxylation is 1. The number of aromatic nitrogens is 1. The van der Waals surface area contributed by atoms with Gasteiger partial charge >= 0.3 is 5.97 Å². The van der Waals surface area contributed by atoms with Gasteiger partial charge in [-0.3, -0.25) is 4.99 Å². The van der Waals surface area contributed by atoms with Crippen LogP contribution in [-0.2, 0) is 4.74 Å². The largest absolute Gasteiger partial charge is 0.496 e. The van der Waals surface area contributed by atoms with Crippen molar-refractivity contribution in [1.82, 2.24) is 15.6 Å². The number of thiazole rings is 1. The highest BCUT2D eigenvalue weighted by Crippen LogP contribution is 2.26. The van der Waals surface area contributed by atoms with E-state index in [1.54, 1.807) is 21.1 Å². The van der Waals surface area contributed by atoms with E-state index in [0.717, 1.165) is 16.3 Å². The van der Waals surface area contributed by atoms with Crippen molar-refractivity contribution in [3.05, 3.63) is 45.4 Å². The van der Waals surface area contributed by atoms with Crippen LogP contribution in [0, 0.1) is 6.92 Å². The maximum Gasteiger partial charge on any atom is 0.350 e. The van der Waals surface area contributed by atoms with Gasteiger partial charge in [0.15, 0.2) is 5.96 Å². The van der Waals surface area contributed by atoms with Gasteiger partial charge in [0, 0.05) is 19.5 Å². The molecule has 1 aromatic carbocycles. The minimum atomic E-state index is -0.325. The van der Waals surface area contributed by atoms with Crippen LogP contribution in [0.2, 0.25) is 0 Å². The smallest absolute Gasteiger partial charge is 0.350 e. The van der Waals surface area contributed by atoms with Gasteiger partial charge in [0.2, 0.25) is 0 Å². The number of esters is 1. The molecule has 0 saturated carbocycles. The number of guanidine groups is 1. The minimum absolute atomic E-state index is 0.102. The Morgan fingerprint density at radius 3 is 2.69 bits per heavy atom. The Kier molecular flexibility index (Phi) is 8.45. The number of para-hydroxylation sites is 1. The molecule has 8 heteroatoms. The Morgan fingerprint density at radius 2 is 2.03 bits per heavy atom. The van der Waals surface area contributed by atoms with E-state index in [2.05, 4.69) is 33.6 Å². The zero-order valence-electron chi connectivity index (χ0n) is 17.9. The molecule has 0 aliphatic carbocycles. The number of benzene rings is 1. The van der Waals surface area contributed by atoms with Gasteiger partial charge < -0.3 is 20.1 Å². The van der Waals surface area contributed by atoms with Crippen molar-refractivity contribution in [2.45, 2.75) is 39.7 Å². The minimum Gasteiger partial charge on any atom is -0.496 e. The van der Waals surface area contributed by atoms with Gasteiger partial charge in [-0.1, -0.05) is 25.1 Å². The summed E-state index contributed by atoms with van der Waals surface area (Å²) in [5.74, 6) is 1.46. The van der Waals surface area contributed by atoms with Gasteiger partial charge in [-0.2, -0.15) is 0 Å². The lowest BCUT2D eigenvalue weighted by molar-refractivity contribution is 0.0531. The average Bonchev–Trinajstić information content (AvgIpc) is 3.12. The van der Waals surface area contributed by atoms with Crippen LogP contribution in [0.3, 0.4) is 0 Å². The first-order chi connectivity index (χ1) is 13.9. The number of hydrogen-bond acceptors (Lipinski definition) is 6. The molecule has 0 amide bonds. The SMILES string of the molecule is CCOC(=O)c1sc(C(C)NC(=NC)NCC(C)c2ccccc2OC)nc1C. The highest BCUT2D eigenvalue weighted by Gasteiger charge is 2.20. The molecule has 0 spiro atoms. The van der Waals surface area contributed by atoms with Crippen LogP contribution < -0.4 is 15.4 Å². The van der Waals surface area contributed by atoms with Crippen molar-refractivity contribution in [3.63, 3.8) is 0 Å². The summed E-state index contributed by atoms with van der Waals surface area (Å²) in [7, 11) is 3.41. The van der Waals surface area contributed by atoms with E-state index in [1.807, 2.05) is 32.0 Å². The maximum atomic E-state index is 12.0. The Bertz CT molecular complexity index is 850. The monoisotopic (exact) mass is 418 g/mol. The summed E-state index contributed by atoms with van der Waals surface area (Å²) in [5, 5.41) is 7.50. The molecule has 0 saturated heterocycles. The molecular formula is C21H30N4O3S. The van der Waals surface area contributed by atoms with E-state index >= 15 is 0 Å². The fourth-order valence-electron chi connectivity index (χ4n) is 2.88. The summed E-state index contributed by atoms with van der Waals surface area (Å²) in [6.07, 6.45) is 0. The second-order valence-corrected chi connectivity index (χ2v) is 7.68. The van der Waals surface area contributed by atoms with E-state index in [1.165, 1.54) is 11.3 Å². The molecule has 2 N–H and O–H groups in total. The van der Waals surface area contributed by atoms with Gasteiger partial charge in [0.1, 0.15) is 15.6 Å². The lowest BCUT2D eigenvalue weighted by atomic mass is 10.0. The zero-order valence-corrected chi connectivity index (χ0v) is 18.7. The Labute approximate surface area is 176 Å². The van der Waals surface area contributed by atoms with Gasteiger partial charge in [-0.05, 0) is 32.4 Å². The molecule has 1 heterocycles. The molecule has 0 fully saturated rings. The molecule has 1 aromatic heterocycles. The number of nitrogens with one attached hydrogen (secondary N) is 2. The Hall–Kier alpha value is -2.61. The quantitative estimate of drug-likeness (QED) is 0.387. The van der Waals surface area contributed by atoms with Crippen LogP contribution in [0.15, 0.2) is 29.3 Å². The molecule has 0 radical (unpaired) electrons. The van der Waals surface area contributed by atoms with Crippen molar-refractivity contribution in [1.29, 1.82) is 0 Å². The topological polar surface area (TPSA) is 84.8 Å². The summed E-state index contributed by atoms with van der Waals surface area (Å²) in [4.78, 5) is 21.4. The first-order valence-corrected chi connectivity index (χ1v) is 10.5. The Balaban J connectivity index is 1.99. The molecule has 29 heavy (non-hydrogen) atoms. The zero-order chi connectivity index (χ0) is 21.4. The van der Waals surface area contributed by atoms with Crippen LogP contribution in [0.1, 0.15) is 58.7 Å². The number of aliphatic imine (C=N–C) groups is 1. The van der Waals surface area contributed by atoms with Crippen molar-refractivity contribution in [2.75, 3.05) is 27.3 Å². The number of methoxy groups -OCH3 is 1. The van der Waals surface area contributed by atoms with Gasteiger partial charge in [0.25, 0.3) is 0 Å². The highest BCUT2D eigenvalue weighted by molar-refractivity contribution is 7.13. The fraction of sp³-hybridized carbons (Fsp3) is 0.476. The van der Waals surface area contributed by atoms with Crippen LogP contribution >= 0.6 is 11.3 Å². The van der Waals surface area contributed by atoms with Crippen molar-refractivity contribution < 1.29 is 14.3 Å². The number of carbonyl (C=O) groups excluding carboxylic acids is 1. The van der Waals surface area contributed by atoms with Gasteiger partial charge in [-0.25, -0.2) is 9.78 Å². The lowest BCUT2D eigenvalue weighted by Crippen LogP contribution is -2.40. The molecule has 0 aliphatic rings. The third kappa shape index (κ3) is 5.93. The maximum absolute atomic E-state index is 12.0. The van der Waals surface area contributed by atoms with Gasteiger partial charge in [-0.15, -0.1) is 11.3 Å². The average molecular weight is 419 g/mol. The van der Waals surface area contributed by atoms with Crippen molar-refractivity contribution >= 4 is 23.3 Å². The summed E-state index contributed by atoms with van der Waals surface area (Å²) in [6, 6.07) is 7.90. The van der Waals surface area contributed by atoms with Crippen LogP contribution in [0.25, 0.3) is 0 Å². The Morgan fingerprint density at radius 1 is 1.31 bits per heavy atom. The molecule has 7 nitrogen and oxygen atoms in total. The number of carbonyl (C=O) groups is 1. The summed E-state index contributed by atoms with van der Waals surface area (Å²) < 4.78 is 10.5.